The van der Waals surface area contributed by atoms with E-state index < -0.39 is 24.1 Å². The summed E-state index contributed by atoms with van der Waals surface area (Å²) >= 11 is 0. The van der Waals surface area contributed by atoms with Crippen LogP contribution >= 0.6 is 0 Å². The molecule has 0 unspecified atom stereocenters. The van der Waals surface area contributed by atoms with Crippen LogP contribution in [0.25, 0.3) is 6.08 Å². The van der Waals surface area contributed by atoms with E-state index >= 15 is 0 Å². The van der Waals surface area contributed by atoms with Crippen LogP contribution in [0.2, 0.25) is 0 Å². The quantitative estimate of drug-likeness (QED) is 0.867. The fraction of sp³-hybridized carbons (Fsp3) is 0.471. The van der Waals surface area contributed by atoms with Gasteiger partial charge in [0.05, 0.1) is 23.7 Å². The molecule has 1 aromatic rings. The van der Waals surface area contributed by atoms with Crippen LogP contribution in [-0.4, -0.2) is 24.9 Å². The third kappa shape index (κ3) is 3.64. The fourth-order valence-electron chi connectivity index (χ4n) is 2.31. The van der Waals surface area contributed by atoms with Crippen LogP contribution in [0.3, 0.4) is 0 Å². The number of rotatable bonds is 4. The van der Waals surface area contributed by atoms with E-state index in [0.29, 0.717) is 11.1 Å². The van der Waals surface area contributed by atoms with E-state index in [-0.39, 0.29) is 13.0 Å². The normalized spacial score (nSPS) is 19.7. The van der Waals surface area contributed by atoms with E-state index in [2.05, 4.69) is 0 Å². The number of benzene rings is 1. The highest BCUT2D eigenvalue weighted by Crippen LogP contribution is 2.38. The van der Waals surface area contributed by atoms with Crippen molar-refractivity contribution in [2.45, 2.75) is 45.3 Å². The van der Waals surface area contributed by atoms with Crippen LogP contribution in [0.4, 0.5) is 4.39 Å². The zero-order valence-corrected chi connectivity index (χ0v) is 14.0. The molecule has 1 aromatic carbocycles. The number of nitriles is 1. The van der Waals surface area contributed by atoms with Gasteiger partial charge in [0.1, 0.15) is 5.82 Å². The SMILES string of the molecule is CC1(C)OB(C(=Cc2ccc(CC#N)c(F)c2)CN)OC1(C)C. The molecule has 0 bridgehead atoms. The van der Waals surface area contributed by atoms with E-state index in [9.17, 15) is 4.39 Å². The summed E-state index contributed by atoms with van der Waals surface area (Å²) in [6, 6.07) is 6.71. The first-order chi connectivity index (χ1) is 10.7. The number of hydrogen-bond donors (Lipinski definition) is 1. The number of hydrogen-bond acceptors (Lipinski definition) is 4. The summed E-state index contributed by atoms with van der Waals surface area (Å²) < 4.78 is 25.9. The van der Waals surface area contributed by atoms with Crippen LogP contribution in [0.1, 0.15) is 38.8 Å². The van der Waals surface area contributed by atoms with Gasteiger partial charge in [0.15, 0.2) is 0 Å². The summed E-state index contributed by atoms with van der Waals surface area (Å²) in [5.74, 6) is -0.398. The van der Waals surface area contributed by atoms with Crippen molar-refractivity contribution in [3.63, 3.8) is 0 Å². The Labute approximate surface area is 137 Å². The monoisotopic (exact) mass is 316 g/mol. The molecule has 0 aliphatic carbocycles. The van der Waals surface area contributed by atoms with E-state index in [1.54, 1.807) is 18.2 Å². The van der Waals surface area contributed by atoms with Gasteiger partial charge in [0.2, 0.25) is 0 Å². The van der Waals surface area contributed by atoms with Gasteiger partial charge in [-0.1, -0.05) is 18.2 Å². The third-order valence-corrected chi connectivity index (χ3v) is 4.49. The summed E-state index contributed by atoms with van der Waals surface area (Å²) in [6.45, 7) is 8.13. The highest BCUT2D eigenvalue weighted by atomic mass is 19.1. The Bertz CT molecular complexity index is 649. The zero-order valence-electron chi connectivity index (χ0n) is 14.0. The largest absolute Gasteiger partial charge is 0.491 e. The molecule has 122 valence electrons. The minimum absolute atomic E-state index is 0.0524. The Balaban J connectivity index is 2.27. The molecule has 1 aliphatic heterocycles. The minimum atomic E-state index is -0.549. The Morgan fingerprint density at radius 2 is 1.91 bits per heavy atom. The number of nitrogens with two attached hydrogens (primary N) is 1. The second kappa shape index (κ2) is 6.44. The van der Waals surface area contributed by atoms with Crippen molar-refractivity contribution in [3.05, 3.63) is 40.6 Å². The van der Waals surface area contributed by atoms with E-state index in [1.807, 2.05) is 33.8 Å². The van der Waals surface area contributed by atoms with Crippen molar-refractivity contribution in [2.75, 3.05) is 6.54 Å². The van der Waals surface area contributed by atoms with Gasteiger partial charge in [-0.25, -0.2) is 4.39 Å². The summed E-state index contributed by atoms with van der Waals surface area (Å²) in [6.07, 6.45) is 1.83. The van der Waals surface area contributed by atoms with Crippen molar-refractivity contribution < 1.29 is 13.7 Å². The third-order valence-electron chi connectivity index (χ3n) is 4.49. The molecule has 23 heavy (non-hydrogen) atoms. The van der Waals surface area contributed by atoms with Crippen LogP contribution in [0, 0.1) is 17.1 Å². The van der Waals surface area contributed by atoms with Gasteiger partial charge >= 0.3 is 7.12 Å². The lowest BCUT2D eigenvalue weighted by molar-refractivity contribution is 0.00578. The van der Waals surface area contributed by atoms with Gasteiger partial charge in [0, 0.05) is 12.1 Å². The predicted octanol–water partition coefficient (Wildman–Crippen LogP) is 2.87. The predicted molar refractivity (Wildman–Crippen MR) is 88.8 cm³/mol. The van der Waals surface area contributed by atoms with E-state index in [4.69, 9.17) is 20.3 Å². The number of nitrogens with zero attached hydrogens (tertiary/aromatic N) is 1. The van der Waals surface area contributed by atoms with Gasteiger partial charge in [-0.3, -0.25) is 0 Å². The fourth-order valence-corrected chi connectivity index (χ4v) is 2.31. The lowest BCUT2D eigenvalue weighted by Gasteiger charge is -2.32. The molecular weight excluding hydrogens is 294 g/mol. The second-order valence-corrected chi connectivity index (χ2v) is 6.70. The highest BCUT2D eigenvalue weighted by molar-refractivity contribution is 6.55. The van der Waals surface area contributed by atoms with Gasteiger partial charge < -0.3 is 15.0 Å². The minimum Gasteiger partial charge on any atom is -0.400 e. The van der Waals surface area contributed by atoms with Crippen LogP contribution in [-0.2, 0) is 15.7 Å². The Morgan fingerprint density at radius 3 is 2.39 bits per heavy atom. The first-order valence-corrected chi connectivity index (χ1v) is 7.62. The molecule has 2 rings (SSSR count). The molecule has 6 heteroatoms. The molecule has 0 amide bonds. The van der Waals surface area contributed by atoms with Gasteiger partial charge in [-0.15, -0.1) is 0 Å². The first-order valence-electron chi connectivity index (χ1n) is 7.62. The standard InChI is InChI=1S/C17H22BFN2O2/c1-16(2)17(3,4)23-18(22-16)14(11-21)9-12-5-6-13(7-8-20)15(19)10-12/h5-6,9-10H,7,11,21H2,1-4H3. The van der Waals surface area contributed by atoms with E-state index in [1.165, 1.54) is 6.07 Å². The molecule has 0 radical (unpaired) electrons. The molecule has 2 N–H and O–H groups in total. The lowest BCUT2D eigenvalue weighted by atomic mass is 9.77. The summed E-state index contributed by atoms with van der Waals surface area (Å²) in [7, 11) is -0.549. The van der Waals surface area contributed by atoms with Crippen molar-refractivity contribution in [2.24, 2.45) is 5.73 Å². The van der Waals surface area contributed by atoms with Crippen molar-refractivity contribution in [3.8, 4) is 6.07 Å². The van der Waals surface area contributed by atoms with Gasteiger partial charge in [-0.05, 0) is 44.8 Å². The van der Waals surface area contributed by atoms with Crippen LogP contribution < -0.4 is 5.73 Å². The van der Waals surface area contributed by atoms with Crippen molar-refractivity contribution >= 4 is 13.2 Å². The topological polar surface area (TPSA) is 68.3 Å². The van der Waals surface area contributed by atoms with Crippen molar-refractivity contribution in [1.82, 2.24) is 0 Å². The molecule has 1 heterocycles. The van der Waals surface area contributed by atoms with Crippen molar-refractivity contribution in [1.29, 1.82) is 5.26 Å². The second-order valence-electron chi connectivity index (χ2n) is 6.70. The lowest BCUT2D eigenvalue weighted by Crippen LogP contribution is -2.41. The molecule has 1 fully saturated rings. The Morgan fingerprint density at radius 1 is 1.30 bits per heavy atom. The molecule has 0 atom stereocenters. The molecule has 0 spiro atoms. The first kappa shape index (κ1) is 17.7. The highest BCUT2D eigenvalue weighted by Gasteiger charge is 2.52. The van der Waals surface area contributed by atoms with Crippen LogP contribution in [0.15, 0.2) is 23.7 Å². The molecule has 0 aromatic heterocycles. The van der Waals surface area contributed by atoms with Gasteiger partial charge in [0.25, 0.3) is 0 Å². The number of halogens is 1. The Hall–Kier alpha value is -1.68. The summed E-state index contributed by atoms with van der Waals surface area (Å²) in [5.41, 5.74) is 6.72. The molecular formula is C17H22BFN2O2. The smallest absolute Gasteiger partial charge is 0.400 e. The zero-order chi connectivity index (χ0) is 17.3. The summed E-state index contributed by atoms with van der Waals surface area (Å²) in [4.78, 5) is 0. The molecule has 4 nitrogen and oxygen atoms in total. The average molecular weight is 316 g/mol. The molecule has 1 aliphatic rings. The maximum atomic E-state index is 13.9. The van der Waals surface area contributed by atoms with Crippen LogP contribution in [0.5, 0.6) is 0 Å². The average Bonchev–Trinajstić information content (AvgIpc) is 2.67. The maximum absolute atomic E-state index is 13.9. The van der Waals surface area contributed by atoms with Gasteiger partial charge in [-0.2, -0.15) is 5.26 Å². The van der Waals surface area contributed by atoms with E-state index in [0.717, 1.165) is 5.47 Å². The molecule has 0 saturated carbocycles. The molecule has 1 saturated heterocycles. The maximum Gasteiger partial charge on any atom is 0.491 e. The Kier molecular flexibility index (Phi) is 4.95. The summed E-state index contributed by atoms with van der Waals surface area (Å²) in [5, 5.41) is 8.66.